The van der Waals surface area contributed by atoms with E-state index in [1.54, 1.807) is 23.1 Å². The summed E-state index contributed by atoms with van der Waals surface area (Å²) in [6.45, 7) is 5.26. The summed E-state index contributed by atoms with van der Waals surface area (Å²) in [5, 5.41) is 4.01. The van der Waals surface area contributed by atoms with Crippen molar-refractivity contribution in [2.45, 2.75) is 58.5 Å². The first kappa shape index (κ1) is 29.5. The maximum atomic E-state index is 13.7. The van der Waals surface area contributed by atoms with Crippen LogP contribution < -0.4 is 10.1 Å². The number of nitrogens with zero attached hydrogens (tertiary/aromatic N) is 1. The second-order valence-corrected chi connectivity index (χ2v) is 10.2. The number of ether oxygens (including phenoxy) is 1. The molecule has 0 spiro atoms. The van der Waals surface area contributed by atoms with E-state index in [4.69, 9.17) is 27.9 Å². The summed E-state index contributed by atoms with van der Waals surface area (Å²) >= 11 is 12.6. The van der Waals surface area contributed by atoms with Crippen molar-refractivity contribution in [1.29, 1.82) is 0 Å². The van der Waals surface area contributed by atoms with Gasteiger partial charge in [0, 0.05) is 36.0 Å². The molecule has 38 heavy (non-hydrogen) atoms. The number of carbonyl (C=O) groups is 2. The SMILES string of the molecule is CCCCNC(=O)[C@H](Cc1ccccc1)N(Cc1ccc(Cl)cc1Cl)C(=O)CCCOc1ccc(C)cc1. The number of hydrogen-bond acceptors (Lipinski definition) is 3. The normalized spacial score (nSPS) is 11.6. The summed E-state index contributed by atoms with van der Waals surface area (Å²) in [5.74, 6) is 0.469. The Kier molecular flexibility index (Phi) is 12.0. The maximum absolute atomic E-state index is 13.7. The zero-order chi connectivity index (χ0) is 27.3. The first-order valence-electron chi connectivity index (χ1n) is 13.1. The smallest absolute Gasteiger partial charge is 0.243 e. The molecule has 0 aliphatic heterocycles. The van der Waals surface area contributed by atoms with E-state index in [9.17, 15) is 9.59 Å². The van der Waals surface area contributed by atoms with Gasteiger partial charge in [0.1, 0.15) is 11.8 Å². The minimum absolute atomic E-state index is 0.130. The molecular formula is C31H36Cl2N2O3. The van der Waals surface area contributed by atoms with Crippen LogP contribution in [0.5, 0.6) is 5.75 Å². The molecule has 1 atom stereocenters. The van der Waals surface area contributed by atoms with E-state index < -0.39 is 6.04 Å². The molecule has 0 heterocycles. The predicted octanol–water partition coefficient (Wildman–Crippen LogP) is 7.02. The molecule has 5 nitrogen and oxygen atoms in total. The second kappa shape index (κ2) is 15.4. The summed E-state index contributed by atoms with van der Waals surface area (Å²) < 4.78 is 5.82. The van der Waals surface area contributed by atoms with E-state index in [0.29, 0.717) is 36.0 Å². The van der Waals surface area contributed by atoms with E-state index in [1.807, 2.05) is 61.5 Å². The first-order chi connectivity index (χ1) is 18.4. The minimum Gasteiger partial charge on any atom is -0.494 e. The van der Waals surface area contributed by atoms with Crippen molar-refractivity contribution in [3.8, 4) is 5.75 Å². The number of benzene rings is 3. The second-order valence-electron chi connectivity index (χ2n) is 9.37. The Morgan fingerprint density at radius 2 is 1.71 bits per heavy atom. The lowest BCUT2D eigenvalue weighted by Gasteiger charge is -2.32. The molecule has 0 saturated carbocycles. The summed E-state index contributed by atoms with van der Waals surface area (Å²) in [7, 11) is 0. The molecule has 0 radical (unpaired) electrons. The molecule has 0 saturated heterocycles. The quantitative estimate of drug-likeness (QED) is 0.218. The van der Waals surface area contributed by atoms with Crippen LogP contribution >= 0.6 is 23.2 Å². The van der Waals surface area contributed by atoms with Gasteiger partial charge in [-0.25, -0.2) is 0 Å². The van der Waals surface area contributed by atoms with Crippen molar-refractivity contribution in [2.24, 2.45) is 0 Å². The van der Waals surface area contributed by atoms with Crippen LogP contribution in [-0.2, 0) is 22.6 Å². The van der Waals surface area contributed by atoms with Crippen molar-refractivity contribution >= 4 is 35.0 Å². The minimum atomic E-state index is -0.688. The lowest BCUT2D eigenvalue weighted by atomic mass is 10.0. The van der Waals surface area contributed by atoms with Gasteiger partial charge in [0.2, 0.25) is 11.8 Å². The molecule has 0 unspecified atom stereocenters. The Hall–Kier alpha value is -3.02. The highest BCUT2D eigenvalue weighted by Gasteiger charge is 2.30. The molecule has 0 fully saturated rings. The molecule has 1 N–H and O–H groups in total. The standard InChI is InChI=1S/C31H36Cl2N2O3/c1-3-4-18-34-31(37)29(20-24-9-6-5-7-10-24)35(22-25-14-15-26(32)21-28(25)33)30(36)11-8-19-38-27-16-12-23(2)13-17-27/h5-7,9-10,12-17,21,29H,3-4,8,11,18-20,22H2,1-2H3,(H,34,37)/t29-/m0/s1. The number of carbonyl (C=O) groups excluding carboxylic acids is 2. The van der Waals surface area contributed by atoms with Gasteiger partial charge in [0.25, 0.3) is 0 Å². The van der Waals surface area contributed by atoms with Gasteiger partial charge in [-0.3, -0.25) is 9.59 Å². The number of amides is 2. The van der Waals surface area contributed by atoms with Crippen LogP contribution in [0.25, 0.3) is 0 Å². The molecule has 0 bridgehead atoms. The van der Waals surface area contributed by atoms with Gasteiger partial charge in [-0.05, 0) is 55.2 Å². The van der Waals surface area contributed by atoms with Gasteiger partial charge in [0.15, 0.2) is 0 Å². The summed E-state index contributed by atoms with van der Waals surface area (Å²) in [4.78, 5) is 28.8. The largest absolute Gasteiger partial charge is 0.494 e. The van der Waals surface area contributed by atoms with Crippen LogP contribution in [-0.4, -0.2) is 35.9 Å². The predicted molar refractivity (Wildman–Crippen MR) is 155 cm³/mol. The fourth-order valence-electron chi connectivity index (χ4n) is 4.09. The molecule has 3 aromatic rings. The van der Waals surface area contributed by atoms with E-state index in [0.717, 1.165) is 35.3 Å². The van der Waals surface area contributed by atoms with Gasteiger partial charge in [-0.2, -0.15) is 0 Å². The molecule has 0 aliphatic carbocycles. The number of hydrogen-bond donors (Lipinski definition) is 1. The molecule has 202 valence electrons. The Morgan fingerprint density at radius 3 is 2.39 bits per heavy atom. The fraction of sp³-hybridized carbons (Fsp3) is 0.355. The highest BCUT2D eigenvalue weighted by molar-refractivity contribution is 6.35. The summed E-state index contributed by atoms with van der Waals surface area (Å²) in [5.41, 5.74) is 2.87. The monoisotopic (exact) mass is 554 g/mol. The van der Waals surface area contributed by atoms with Gasteiger partial charge in [-0.15, -0.1) is 0 Å². The summed E-state index contributed by atoms with van der Waals surface area (Å²) in [6, 6.07) is 22.1. The molecule has 2 amide bonds. The number of rotatable bonds is 14. The first-order valence-corrected chi connectivity index (χ1v) is 13.9. The molecule has 0 aromatic heterocycles. The van der Waals surface area contributed by atoms with Crippen molar-refractivity contribution in [1.82, 2.24) is 10.2 Å². The van der Waals surface area contributed by atoms with Crippen LogP contribution in [0.3, 0.4) is 0 Å². The zero-order valence-electron chi connectivity index (χ0n) is 22.1. The zero-order valence-corrected chi connectivity index (χ0v) is 23.6. The Morgan fingerprint density at radius 1 is 0.974 bits per heavy atom. The number of aryl methyl sites for hydroxylation is 1. The third-order valence-corrected chi connectivity index (χ3v) is 6.87. The third-order valence-electron chi connectivity index (χ3n) is 6.28. The lowest BCUT2D eigenvalue weighted by molar-refractivity contribution is -0.141. The maximum Gasteiger partial charge on any atom is 0.243 e. The van der Waals surface area contributed by atoms with Gasteiger partial charge < -0.3 is 15.0 Å². The van der Waals surface area contributed by atoms with Crippen molar-refractivity contribution < 1.29 is 14.3 Å². The van der Waals surface area contributed by atoms with Crippen LogP contribution in [0.1, 0.15) is 49.3 Å². The highest BCUT2D eigenvalue weighted by Crippen LogP contribution is 2.24. The fourth-order valence-corrected chi connectivity index (χ4v) is 4.55. The molecular weight excluding hydrogens is 519 g/mol. The Balaban J connectivity index is 1.80. The lowest BCUT2D eigenvalue weighted by Crippen LogP contribution is -2.50. The molecule has 3 aromatic carbocycles. The average Bonchev–Trinajstić information content (AvgIpc) is 2.91. The van der Waals surface area contributed by atoms with E-state index in [-0.39, 0.29) is 24.8 Å². The van der Waals surface area contributed by atoms with Crippen molar-refractivity contribution in [3.63, 3.8) is 0 Å². The molecule has 7 heteroatoms. The van der Waals surface area contributed by atoms with Crippen LogP contribution in [0.4, 0.5) is 0 Å². The topological polar surface area (TPSA) is 58.6 Å². The van der Waals surface area contributed by atoms with Crippen LogP contribution in [0, 0.1) is 6.92 Å². The highest BCUT2D eigenvalue weighted by atomic mass is 35.5. The number of nitrogens with one attached hydrogen (secondary N) is 1. The van der Waals surface area contributed by atoms with Gasteiger partial charge >= 0.3 is 0 Å². The molecule has 0 aliphatic rings. The van der Waals surface area contributed by atoms with E-state index >= 15 is 0 Å². The van der Waals surface area contributed by atoms with Gasteiger partial charge in [-0.1, -0.05) is 90.6 Å². The molecule has 3 rings (SSSR count). The third kappa shape index (κ3) is 9.38. The van der Waals surface area contributed by atoms with E-state index in [2.05, 4.69) is 12.2 Å². The number of unbranched alkanes of at least 4 members (excludes halogenated alkanes) is 1. The van der Waals surface area contributed by atoms with Crippen molar-refractivity contribution in [2.75, 3.05) is 13.2 Å². The van der Waals surface area contributed by atoms with Crippen molar-refractivity contribution in [3.05, 3.63) is 99.5 Å². The van der Waals surface area contributed by atoms with Crippen LogP contribution in [0.2, 0.25) is 10.0 Å². The van der Waals surface area contributed by atoms with Crippen LogP contribution in [0.15, 0.2) is 72.8 Å². The van der Waals surface area contributed by atoms with Gasteiger partial charge in [0.05, 0.1) is 6.61 Å². The summed E-state index contributed by atoms with van der Waals surface area (Å²) in [6.07, 6.45) is 3.00. The average molecular weight is 556 g/mol. The Bertz CT molecular complexity index is 1170. The Labute approximate surface area is 236 Å². The number of halogens is 2. The van der Waals surface area contributed by atoms with E-state index in [1.165, 1.54) is 0 Å².